The van der Waals surface area contributed by atoms with Crippen molar-refractivity contribution >= 4 is 50.8 Å². The number of nitrogens with one attached hydrogen (secondary N) is 1. The van der Waals surface area contributed by atoms with Crippen molar-refractivity contribution in [2.45, 2.75) is 58.1 Å². The van der Waals surface area contributed by atoms with Gasteiger partial charge in [-0.25, -0.2) is 4.79 Å². The summed E-state index contributed by atoms with van der Waals surface area (Å²) in [6.45, 7) is 24.0. The van der Waals surface area contributed by atoms with Crippen LogP contribution in [-0.2, 0) is 71.6 Å². The van der Waals surface area contributed by atoms with Gasteiger partial charge in [0.05, 0.1) is 6.61 Å². The SMILES string of the molecule is C=CC1CC1(COC=O)COC=O.C=C[C@@H]1C[C@@H]1COC=O.C=C[C@@H]1C[C@H]1NC(=O)OC(C)(C)C.C=C[C@H]1CC1(COC=O)COC=O.O=C=O.O=C=O. The molecule has 4 rings (SSSR count). The van der Waals surface area contributed by atoms with Crippen molar-refractivity contribution in [2.75, 3.05) is 33.0 Å². The first-order valence-corrected chi connectivity index (χ1v) is 16.5. The fourth-order valence-electron chi connectivity index (χ4n) is 4.99. The first kappa shape index (κ1) is 50.4. The molecule has 17 heteroatoms. The van der Waals surface area contributed by atoms with E-state index >= 15 is 0 Å². The van der Waals surface area contributed by atoms with E-state index < -0.39 is 5.60 Å². The van der Waals surface area contributed by atoms with Crippen LogP contribution >= 0.6 is 0 Å². The minimum Gasteiger partial charge on any atom is -0.468 e. The van der Waals surface area contributed by atoms with Crippen molar-refractivity contribution < 1.29 is 76.4 Å². The summed E-state index contributed by atoms with van der Waals surface area (Å²) in [5.74, 6) is 2.17. The number of carbonyl (C=O) groups excluding carboxylic acids is 10. The van der Waals surface area contributed by atoms with Gasteiger partial charge in [-0.15, -0.1) is 26.3 Å². The molecule has 0 saturated heterocycles. The van der Waals surface area contributed by atoms with Crippen LogP contribution in [0.1, 0.15) is 46.5 Å². The third-order valence-corrected chi connectivity index (χ3v) is 8.33. The van der Waals surface area contributed by atoms with Crippen LogP contribution in [0, 0.1) is 40.4 Å². The summed E-state index contributed by atoms with van der Waals surface area (Å²) in [6, 6.07) is 0.243. The zero-order valence-corrected chi connectivity index (χ0v) is 30.9. The quantitative estimate of drug-likeness (QED) is 0.106. The average Bonchev–Trinajstić information content (AvgIpc) is 3.99. The van der Waals surface area contributed by atoms with Gasteiger partial charge in [0, 0.05) is 16.9 Å². The maximum atomic E-state index is 11.2. The topological polar surface area (TPSA) is 238 Å². The lowest BCUT2D eigenvalue weighted by atomic mass is 10.1. The molecule has 0 aliphatic heterocycles. The highest BCUT2D eigenvalue weighted by Crippen LogP contribution is 2.54. The van der Waals surface area contributed by atoms with Crippen LogP contribution in [0.3, 0.4) is 0 Å². The fourth-order valence-corrected chi connectivity index (χ4v) is 4.99. The summed E-state index contributed by atoms with van der Waals surface area (Å²) < 4.78 is 28.3. The Kier molecular flexibility index (Phi) is 26.1. The summed E-state index contributed by atoms with van der Waals surface area (Å²) in [4.78, 5) is 93.3. The molecule has 0 aromatic carbocycles. The molecule has 0 aromatic rings. The van der Waals surface area contributed by atoms with Crippen molar-refractivity contribution in [1.29, 1.82) is 0 Å². The Bertz CT molecular complexity index is 1200. The van der Waals surface area contributed by atoms with Crippen molar-refractivity contribution in [3.63, 3.8) is 0 Å². The monoisotopic (exact) mass is 765 g/mol. The van der Waals surface area contributed by atoms with Gasteiger partial charge < -0.3 is 33.7 Å². The van der Waals surface area contributed by atoms with E-state index in [1.165, 1.54) is 0 Å². The lowest BCUT2D eigenvalue weighted by Gasteiger charge is -2.19. The molecule has 0 heterocycles. The van der Waals surface area contributed by atoms with Crippen molar-refractivity contribution in [3.8, 4) is 0 Å². The van der Waals surface area contributed by atoms with E-state index in [9.17, 15) is 28.8 Å². The highest BCUT2D eigenvalue weighted by molar-refractivity contribution is 5.68. The van der Waals surface area contributed by atoms with E-state index in [-0.39, 0.29) is 47.1 Å². The van der Waals surface area contributed by atoms with E-state index in [2.05, 4.69) is 55.3 Å². The second-order valence-corrected chi connectivity index (χ2v) is 13.3. The number of rotatable bonds is 20. The summed E-state index contributed by atoms with van der Waals surface area (Å²) in [7, 11) is 0. The van der Waals surface area contributed by atoms with Gasteiger partial charge in [0.25, 0.3) is 32.4 Å². The van der Waals surface area contributed by atoms with Gasteiger partial charge in [-0.1, -0.05) is 24.3 Å². The smallest absolute Gasteiger partial charge is 0.407 e. The first-order valence-electron chi connectivity index (χ1n) is 16.5. The Hall–Kier alpha value is -5.66. The number of ether oxygens (including phenoxy) is 6. The van der Waals surface area contributed by atoms with Gasteiger partial charge >= 0.3 is 18.4 Å². The van der Waals surface area contributed by atoms with Crippen LogP contribution in [0.5, 0.6) is 0 Å². The van der Waals surface area contributed by atoms with Crippen LogP contribution in [0.2, 0.25) is 0 Å². The van der Waals surface area contributed by atoms with Crippen molar-refractivity contribution in [2.24, 2.45) is 40.4 Å². The predicted octanol–water partition coefficient (Wildman–Crippen LogP) is 2.95. The number of alkyl carbamates (subject to hydrolysis) is 1. The predicted molar refractivity (Wildman–Crippen MR) is 185 cm³/mol. The number of hydrogen-bond acceptors (Lipinski definition) is 16. The number of carbonyl (C=O) groups is 6. The molecule has 0 radical (unpaired) electrons. The Morgan fingerprint density at radius 3 is 1.26 bits per heavy atom. The third kappa shape index (κ3) is 22.3. The highest BCUT2D eigenvalue weighted by Gasteiger charge is 2.54. The molecule has 1 amide bonds. The van der Waals surface area contributed by atoms with Gasteiger partial charge in [-0.3, -0.25) is 24.0 Å². The summed E-state index contributed by atoms with van der Waals surface area (Å²) >= 11 is 0. The van der Waals surface area contributed by atoms with Crippen molar-refractivity contribution in [1.82, 2.24) is 5.32 Å². The third-order valence-electron chi connectivity index (χ3n) is 8.33. The molecule has 17 nitrogen and oxygen atoms in total. The highest BCUT2D eigenvalue weighted by atomic mass is 16.6. The molecule has 0 bridgehead atoms. The zero-order valence-electron chi connectivity index (χ0n) is 30.9. The van der Waals surface area contributed by atoms with E-state index in [0.29, 0.717) is 83.1 Å². The Labute approximate surface area is 314 Å². The molecule has 4 fully saturated rings. The van der Waals surface area contributed by atoms with E-state index in [4.69, 9.17) is 23.9 Å². The fraction of sp³-hybridized carbons (Fsp3) is 0.568. The maximum absolute atomic E-state index is 11.2. The molecule has 4 saturated carbocycles. The molecular formula is C37H51NO16. The van der Waals surface area contributed by atoms with Gasteiger partial charge in [-0.05, 0) is 76.0 Å². The van der Waals surface area contributed by atoms with Gasteiger partial charge in [0.2, 0.25) is 0 Å². The lowest BCUT2D eigenvalue weighted by Crippen LogP contribution is -2.34. The Balaban J connectivity index is 0. The molecule has 1 unspecified atom stereocenters. The molecule has 54 heavy (non-hydrogen) atoms. The summed E-state index contributed by atoms with van der Waals surface area (Å²) in [5, 5.41) is 2.78. The summed E-state index contributed by atoms with van der Waals surface area (Å²) in [6.07, 6.45) is 11.4. The van der Waals surface area contributed by atoms with Crippen molar-refractivity contribution in [3.05, 3.63) is 50.6 Å². The lowest BCUT2D eigenvalue weighted by molar-refractivity contribution is -0.193. The molecule has 0 aromatic heterocycles. The number of hydrogen-bond donors (Lipinski definition) is 1. The van der Waals surface area contributed by atoms with Crippen LogP contribution < -0.4 is 5.32 Å². The average molecular weight is 766 g/mol. The molecule has 6 atom stereocenters. The standard InChI is InChI=1S/C10H17NO2.2C9H12O4.C7H10O2.2CO2/c1-5-7-6-8(7)11-9(12)13-10(2,3)4;2*1-2-8-3-9(8,4-12-6-10)5-13-7-11;1-2-6-3-7(6)4-9-5-8;2*2-1-3/h5,7-8H,1,6H2,2-4H3,(H,11,12);2*2,6-8H,1,3-5H2;2,5-7H,1,3-4H2;;/t7-,8-;8-;;6-,7-;;/m10.1../s1. The Morgan fingerprint density at radius 2 is 1.02 bits per heavy atom. The van der Waals surface area contributed by atoms with E-state index in [1.54, 1.807) is 12.2 Å². The molecule has 1 N–H and O–H groups in total. The maximum Gasteiger partial charge on any atom is 0.407 e. The van der Waals surface area contributed by atoms with Gasteiger partial charge in [-0.2, -0.15) is 19.2 Å². The van der Waals surface area contributed by atoms with Gasteiger partial charge in [0.1, 0.15) is 32.0 Å². The Morgan fingerprint density at radius 1 is 0.648 bits per heavy atom. The van der Waals surface area contributed by atoms with E-state index in [1.807, 2.05) is 32.9 Å². The molecule has 4 aliphatic rings. The zero-order chi connectivity index (χ0) is 41.6. The van der Waals surface area contributed by atoms with Crippen LogP contribution in [-0.4, -0.2) is 95.4 Å². The normalized spacial score (nSPS) is 22.9. The summed E-state index contributed by atoms with van der Waals surface area (Å²) in [5.41, 5.74) is -0.824. The number of allylic oxidation sites excluding steroid dienone is 3. The molecular weight excluding hydrogens is 714 g/mol. The van der Waals surface area contributed by atoms with Crippen LogP contribution in [0.4, 0.5) is 4.79 Å². The molecule has 0 spiro atoms. The van der Waals surface area contributed by atoms with Crippen LogP contribution in [0.15, 0.2) is 50.6 Å². The minimum absolute atomic E-state index is 0.205. The second-order valence-electron chi connectivity index (χ2n) is 13.3. The first-order chi connectivity index (χ1) is 25.7. The largest absolute Gasteiger partial charge is 0.468 e. The van der Waals surface area contributed by atoms with E-state index in [0.717, 1.165) is 25.7 Å². The van der Waals surface area contributed by atoms with Crippen LogP contribution in [0.25, 0.3) is 0 Å². The minimum atomic E-state index is -0.414. The second kappa shape index (κ2) is 27.9. The molecule has 300 valence electrons. The molecule has 4 aliphatic carbocycles. The number of amides is 1. The van der Waals surface area contributed by atoms with Gasteiger partial charge in [0.15, 0.2) is 0 Å².